The van der Waals surface area contributed by atoms with Crippen LogP contribution in [-0.4, -0.2) is 17.5 Å². The summed E-state index contributed by atoms with van der Waals surface area (Å²) in [6.45, 7) is 6.81. The number of anilines is 1. The number of para-hydroxylation sites is 1. The lowest BCUT2D eigenvalue weighted by atomic mass is 9.98. The van der Waals surface area contributed by atoms with E-state index in [4.69, 9.17) is 4.74 Å². The van der Waals surface area contributed by atoms with E-state index >= 15 is 0 Å². The number of aryl methyl sites for hydroxylation is 3. The van der Waals surface area contributed by atoms with Gasteiger partial charge in [-0.25, -0.2) is 4.98 Å². The maximum absolute atomic E-state index is 12.1. The Hall–Kier alpha value is -2.66. The summed E-state index contributed by atoms with van der Waals surface area (Å²) in [5, 5.41) is 5.53. The Morgan fingerprint density at radius 1 is 1.11 bits per heavy atom. The Morgan fingerprint density at radius 2 is 1.81 bits per heavy atom. The van der Waals surface area contributed by atoms with Crippen LogP contribution in [0.15, 0.2) is 47.8 Å². The van der Waals surface area contributed by atoms with Crippen molar-refractivity contribution >= 4 is 22.4 Å². The number of amides is 1. The predicted octanol–water partition coefficient (Wildman–Crippen LogP) is 5.53. The van der Waals surface area contributed by atoms with Crippen molar-refractivity contribution in [1.29, 1.82) is 0 Å². The van der Waals surface area contributed by atoms with Crippen LogP contribution in [0.25, 0.3) is 11.3 Å². The largest absolute Gasteiger partial charge is 0.494 e. The highest BCUT2D eigenvalue weighted by molar-refractivity contribution is 7.14. The van der Waals surface area contributed by atoms with Gasteiger partial charge in [0.05, 0.1) is 12.3 Å². The second kappa shape index (κ2) is 8.82. The summed E-state index contributed by atoms with van der Waals surface area (Å²) in [4.78, 5) is 16.8. The monoisotopic (exact) mass is 380 g/mol. The fourth-order valence-corrected chi connectivity index (χ4v) is 3.87. The molecule has 4 nitrogen and oxygen atoms in total. The van der Waals surface area contributed by atoms with Crippen molar-refractivity contribution in [3.8, 4) is 17.0 Å². The van der Waals surface area contributed by atoms with Gasteiger partial charge in [0.15, 0.2) is 5.13 Å². The maximum atomic E-state index is 12.1. The number of carbonyl (C=O) groups excluding carboxylic acids is 1. The number of rotatable bonds is 7. The molecule has 0 bridgehead atoms. The second-order valence-corrected chi connectivity index (χ2v) is 7.48. The van der Waals surface area contributed by atoms with Crippen molar-refractivity contribution in [1.82, 2.24) is 4.98 Å². The van der Waals surface area contributed by atoms with Gasteiger partial charge in [-0.05, 0) is 50.5 Å². The summed E-state index contributed by atoms with van der Waals surface area (Å²) >= 11 is 1.46. The minimum atomic E-state index is -0.0371. The molecule has 0 saturated heterocycles. The molecule has 0 aliphatic heterocycles. The van der Waals surface area contributed by atoms with Crippen LogP contribution in [-0.2, 0) is 4.79 Å². The number of ether oxygens (including phenoxy) is 1. The van der Waals surface area contributed by atoms with Gasteiger partial charge < -0.3 is 10.1 Å². The van der Waals surface area contributed by atoms with E-state index in [-0.39, 0.29) is 5.91 Å². The summed E-state index contributed by atoms with van der Waals surface area (Å²) in [7, 11) is 0. The molecular formula is C22H24N2O2S. The second-order valence-electron chi connectivity index (χ2n) is 6.62. The summed E-state index contributed by atoms with van der Waals surface area (Å²) < 4.78 is 5.61. The van der Waals surface area contributed by atoms with Crippen LogP contribution >= 0.6 is 11.3 Å². The molecule has 0 saturated carbocycles. The molecule has 0 atom stereocenters. The van der Waals surface area contributed by atoms with Crippen LogP contribution in [0.2, 0.25) is 0 Å². The molecule has 27 heavy (non-hydrogen) atoms. The lowest BCUT2D eigenvalue weighted by molar-refractivity contribution is -0.116. The highest BCUT2D eigenvalue weighted by Gasteiger charge is 2.12. The highest BCUT2D eigenvalue weighted by atomic mass is 32.1. The maximum Gasteiger partial charge on any atom is 0.226 e. The van der Waals surface area contributed by atoms with E-state index in [9.17, 15) is 4.79 Å². The Labute approximate surface area is 164 Å². The van der Waals surface area contributed by atoms with E-state index in [2.05, 4.69) is 43.2 Å². The highest BCUT2D eigenvalue weighted by Crippen LogP contribution is 2.31. The summed E-state index contributed by atoms with van der Waals surface area (Å²) in [6.07, 6.45) is 1.07. The van der Waals surface area contributed by atoms with Crippen molar-refractivity contribution in [2.24, 2.45) is 0 Å². The van der Waals surface area contributed by atoms with Gasteiger partial charge in [0.25, 0.3) is 0 Å². The molecule has 5 heteroatoms. The number of thiazole rings is 1. The molecule has 1 N–H and O–H groups in total. The molecule has 3 rings (SSSR count). The van der Waals surface area contributed by atoms with Crippen LogP contribution in [0, 0.1) is 20.8 Å². The van der Waals surface area contributed by atoms with Crippen LogP contribution in [0.4, 0.5) is 5.13 Å². The number of benzene rings is 2. The van der Waals surface area contributed by atoms with Crippen LogP contribution < -0.4 is 10.1 Å². The van der Waals surface area contributed by atoms with Gasteiger partial charge in [0.2, 0.25) is 5.91 Å². The Kier molecular flexibility index (Phi) is 6.24. The van der Waals surface area contributed by atoms with Gasteiger partial charge >= 0.3 is 0 Å². The predicted molar refractivity (Wildman–Crippen MR) is 112 cm³/mol. The van der Waals surface area contributed by atoms with E-state index in [1.165, 1.54) is 28.0 Å². The quantitative estimate of drug-likeness (QED) is 0.548. The molecule has 1 aromatic heterocycles. The first-order chi connectivity index (χ1) is 13.0. The molecule has 0 aliphatic rings. The summed E-state index contributed by atoms with van der Waals surface area (Å²) in [6, 6.07) is 13.9. The molecule has 1 heterocycles. The number of hydrogen-bond donors (Lipinski definition) is 1. The van der Waals surface area contributed by atoms with Gasteiger partial charge in [0.1, 0.15) is 5.75 Å². The molecule has 140 valence electrons. The van der Waals surface area contributed by atoms with E-state index in [0.29, 0.717) is 24.6 Å². The van der Waals surface area contributed by atoms with Gasteiger partial charge in [0, 0.05) is 17.4 Å². The molecule has 1 amide bonds. The number of hydrogen-bond acceptors (Lipinski definition) is 4. The van der Waals surface area contributed by atoms with Crippen molar-refractivity contribution in [3.05, 3.63) is 64.5 Å². The SMILES string of the molecule is Cc1cc(C)c(-c2csc(NC(=O)CCCOc3ccccc3)n2)c(C)c1. The lowest BCUT2D eigenvalue weighted by Crippen LogP contribution is -2.12. The van der Waals surface area contributed by atoms with Gasteiger partial charge in [-0.1, -0.05) is 35.9 Å². The van der Waals surface area contributed by atoms with E-state index in [1.807, 2.05) is 35.7 Å². The lowest BCUT2D eigenvalue weighted by Gasteiger charge is -2.08. The zero-order chi connectivity index (χ0) is 19.2. The van der Waals surface area contributed by atoms with Crippen molar-refractivity contribution < 1.29 is 9.53 Å². The van der Waals surface area contributed by atoms with Crippen molar-refractivity contribution in [2.75, 3.05) is 11.9 Å². The van der Waals surface area contributed by atoms with Crippen LogP contribution in [0.5, 0.6) is 5.75 Å². The molecule has 0 spiro atoms. The van der Waals surface area contributed by atoms with Crippen molar-refractivity contribution in [2.45, 2.75) is 33.6 Å². The molecule has 3 aromatic rings. The summed E-state index contributed by atoms with van der Waals surface area (Å²) in [5.41, 5.74) is 5.71. The Morgan fingerprint density at radius 3 is 2.52 bits per heavy atom. The first kappa shape index (κ1) is 19.1. The van der Waals surface area contributed by atoms with Gasteiger partial charge in [-0.3, -0.25) is 4.79 Å². The zero-order valence-electron chi connectivity index (χ0n) is 15.9. The third-order valence-electron chi connectivity index (χ3n) is 4.24. The number of carbonyl (C=O) groups is 1. The minimum Gasteiger partial charge on any atom is -0.494 e. The first-order valence-corrected chi connectivity index (χ1v) is 9.92. The number of aromatic nitrogens is 1. The Balaban J connectivity index is 1.52. The van der Waals surface area contributed by atoms with Gasteiger partial charge in [-0.15, -0.1) is 11.3 Å². The summed E-state index contributed by atoms with van der Waals surface area (Å²) in [5.74, 6) is 0.788. The Bertz CT molecular complexity index is 896. The average molecular weight is 381 g/mol. The third-order valence-corrected chi connectivity index (χ3v) is 5.00. The number of nitrogens with one attached hydrogen (secondary N) is 1. The average Bonchev–Trinajstić information content (AvgIpc) is 3.06. The topological polar surface area (TPSA) is 51.2 Å². The normalized spacial score (nSPS) is 10.6. The van der Waals surface area contributed by atoms with Gasteiger partial charge in [-0.2, -0.15) is 0 Å². The molecule has 0 unspecified atom stereocenters. The van der Waals surface area contributed by atoms with Crippen molar-refractivity contribution in [3.63, 3.8) is 0 Å². The molecule has 0 radical (unpaired) electrons. The zero-order valence-corrected chi connectivity index (χ0v) is 16.7. The molecule has 2 aromatic carbocycles. The number of nitrogens with zero attached hydrogens (tertiary/aromatic N) is 1. The fraction of sp³-hybridized carbons (Fsp3) is 0.273. The molecule has 0 fully saturated rings. The molecule has 0 aliphatic carbocycles. The minimum absolute atomic E-state index is 0.0371. The first-order valence-electron chi connectivity index (χ1n) is 9.04. The van der Waals surface area contributed by atoms with E-state index in [1.54, 1.807) is 0 Å². The standard InChI is InChI=1S/C22H24N2O2S/c1-15-12-16(2)21(17(3)13-15)19-14-27-22(23-19)24-20(25)10-7-11-26-18-8-5-4-6-9-18/h4-6,8-9,12-14H,7,10-11H2,1-3H3,(H,23,24,25). The van der Waals surface area contributed by atoms with E-state index in [0.717, 1.165) is 17.0 Å². The van der Waals surface area contributed by atoms with Crippen LogP contribution in [0.3, 0.4) is 0 Å². The molecular weight excluding hydrogens is 356 g/mol. The van der Waals surface area contributed by atoms with E-state index < -0.39 is 0 Å². The third kappa shape index (κ3) is 5.17. The fourth-order valence-electron chi connectivity index (χ4n) is 3.15. The smallest absolute Gasteiger partial charge is 0.226 e. The van der Waals surface area contributed by atoms with Crippen LogP contribution in [0.1, 0.15) is 29.5 Å².